The predicted octanol–water partition coefficient (Wildman–Crippen LogP) is 0.292. The van der Waals surface area contributed by atoms with Crippen molar-refractivity contribution >= 4 is 17.8 Å². The van der Waals surface area contributed by atoms with Gasteiger partial charge in [0.2, 0.25) is 0 Å². The lowest BCUT2D eigenvalue weighted by Crippen LogP contribution is -2.26. The minimum atomic E-state index is -1.35. The molecule has 1 aromatic carbocycles. The predicted molar refractivity (Wildman–Crippen MR) is 69.7 cm³/mol. The molecule has 0 spiro atoms. The van der Waals surface area contributed by atoms with E-state index in [1.54, 1.807) is 0 Å². The molecule has 0 aliphatic carbocycles. The normalized spacial score (nSPS) is 9.52. The number of amides is 2. The zero-order chi connectivity index (χ0) is 15.8. The van der Waals surface area contributed by atoms with Gasteiger partial charge in [-0.25, -0.2) is 4.79 Å². The third-order valence-electron chi connectivity index (χ3n) is 2.31. The van der Waals surface area contributed by atoms with Crippen LogP contribution in [-0.2, 0) is 0 Å². The van der Waals surface area contributed by atoms with E-state index in [4.69, 9.17) is 5.11 Å². The molecule has 0 fully saturated rings. The van der Waals surface area contributed by atoms with Crippen LogP contribution in [0.25, 0.3) is 0 Å². The summed E-state index contributed by atoms with van der Waals surface area (Å²) in [6, 6.07) is 3.20. The van der Waals surface area contributed by atoms with Crippen molar-refractivity contribution in [2.75, 3.05) is 13.3 Å². The number of carboxylic acid groups (broad SMARTS) is 1. The van der Waals surface area contributed by atoms with Gasteiger partial charge < -0.3 is 15.7 Å². The second kappa shape index (κ2) is 7.43. The van der Waals surface area contributed by atoms with Gasteiger partial charge >= 0.3 is 5.97 Å². The van der Waals surface area contributed by atoms with Gasteiger partial charge in [-0.2, -0.15) is 0 Å². The molecule has 0 atom stereocenters. The minimum absolute atomic E-state index is 0.136. The van der Waals surface area contributed by atoms with Gasteiger partial charge in [0.25, 0.3) is 11.8 Å². The van der Waals surface area contributed by atoms with E-state index in [9.17, 15) is 24.2 Å². The molecule has 0 aliphatic rings. The highest BCUT2D eigenvalue weighted by Gasteiger charge is 2.15. The lowest BCUT2D eigenvalue weighted by atomic mass is 10.0. The second-order valence-electron chi connectivity index (χ2n) is 3.69. The maximum atomic E-state index is 11.7. The van der Waals surface area contributed by atoms with Gasteiger partial charge in [-0.1, -0.05) is 0 Å². The van der Waals surface area contributed by atoms with E-state index < -0.39 is 31.1 Å². The summed E-state index contributed by atoms with van der Waals surface area (Å²) in [7, 11) is 0. The van der Waals surface area contributed by atoms with Crippen molar-refractivity contribution in [1.29, 1.82) is 0 Å². The smallest absolute Gasteiger partial charge is 0.335 e. The van der Waals surface area contributed by atoms with Crippen LogP contribution in [-0.4, -0.2) is 36.2 Å². The number of nitroso groups, excluding NO2 is 2. The number of hydrogen-bond donors (Lipinski definition) is 3. The number of aromatic carboxylic acids is 1. The third-order valence-corrected chi connectivity index (χ3v) is 2.31. The Bertz CT molecular complexity index is 558. The molecule has 1 aromatic rings. The standard InChI is InChI=1S/C11H10N4O6/c16-9(12-4-14-20)6-1-7(10(17)13-5-15-21)3-8(2-6)11(18)19/h1-3H,4-5H2,(H,12,16)(H,13,17)(H,18,19). The molecule has 10 heteroatoms. The molecule has 0 saturated heterocycles. The van der Waals surface area contributed by atoms with Crippen molar-refractivity contribution in [3.05, 3.63) is 44.7 Å². The van der Waals surface area contributed by atoms with Gasteiger partial charge in [-0.15, -0.1) is 9.81 Å². The van der Waals surface area contributed by atoms with E-state index in [1.165, 1.54) is 0 Å². The maximum Gasteiger partial charge on any atom is 0.335 e. The number of carbonyl (C=O) groups excluding carboxylic acids is 2. The molecule has 10 nitrogen and oxygen atoms in total. The quantitative estimate of drug-likeness (QED) is 0.614. The molecule has 0 bridgehead atoms. The molecule has 1 rings (SSSR count). The minimum Gasteiger partial charge on any atom is -0.478 e. The van der Waals surface area contributed by atoms with E-state index in [0.29, 0.717) is 0 Å². The van der Waals surface area contributed by atoms with E-state index >= 15 is 0 Å². The zero-order valence-corrected chi connectivity index (χ0v) is 10.5. The summed E-state index contributed by atoms with van der Waals surface area (Å²) in [6.07, 6.45) is 0. The Morgan fingerprint density at radius 3 is 1.57 bits per heavy atom. The van der Waals surface area contributed by atoms with Gasteiger partial charge in [-0.05, 0) is 28.6 Å². The lowest BCUT2D eigenvalue weighted by Gasteiger charge is -2.07. The molecule has 21 heavy (non-hydrogen) atoms. The molecule has 0 unspecified atom stereocenters. The largest absolute Gasteiger partial charge is 0.478 e. The molecule has 110 valence electrons. The Morgan fingerprint density at radius 2 is 1.24 bits per heavy atom. The number of carboxylic acids is 1. The molecule has 0 aliphatic heterocycles. The van der Waals surface area contributed by atoms with E-state index in [1.807, 2.05) is 0 Å². The first-order valence-electron chi connectivity index (χ1n) is 5.52. The summed E-state index contributed by atoms with van der Waals surface area (Å²) in [5.74, 6) is -2.87. The average Bonchev–Trinajstić information content (AvgIpc) is 2.49. The Hall–Kier alpha value is -3.17. The number of hydrogen-bond acceptors (Lipinski definition) is 7. The summed E-state index contributed by atoms with van der Waals surface area (Å²) < 4.78 is 0. The molecule has 0 saturated carbocycles. The van der Waals surface area contributed by atoms with Crippen molar-refractivity contribution < 1.29 is 19.5 Å². The fourth-order valence-electron chi connectivity index (χ4n) is 1.43. The third kappa shape index (κ3) is 4.45. The van der Waals surface area contributed by atoms with E-state index in [-0.39, 0.29) is 16.7 Å². The first-order chi connectivity index (χ1) is 9.99. The molecular formula is C11H10N4O6. The summed E-state index contributed by atoms with van der Waals surface area (Å²) in [4.78, 5) is 54.2. The summed E-state index contributed by atoms with van der Waals surface area (Å²) >= 11 is 0. The van der Waals surface area contributed by atoms with E-state index in [2.05, 4.69) is 21.0 Å². The topological polar surface area (TPSA) is 154 Å². The van der Waals surface area contributed by atoms with Crippen LogP contribution in [0.2, 0.25) is 0 Å². The van der Waals surface area contributed by atoms with Gasteiger partial charge in [0.1, 0.15) is 0 Å². The first-order valence-corrected chi connectivity index (χ1v) is 5.52. The molecule has 0 heterocycles. The van der Waals surface area contributed by atoms with Crippen LogP contribution in [0.5, 0.6) is 0 Å². The summed E-state index contributed by atoms with van der Waals surface area (Å²) in [6.45, 7) is -0.987. The van der Waals surface area contributed by atoms with Crippen molar-refractivity contribution in [1.82, 2.24) is 10.6 Å². The monoisotopic (exact) mass is 294 g/mol. The maximum absolute atomic E-state index is 11.7. The van der Waals surface area contributed by atoms with Crippen LogP contribution in [0.1, 0.15) is 31.1 Å². The van der Waals surface area contributed by atoms with Crippen molar-refractivity contribution in [2.24, 2.45) is 10.4 Å². The van der Waals surface area contributed by atoms with Crippen LogP contribution in [0.3, 0.4) is 0 Å². The van der Waals surface area contributed by atoms with Crippen LogP contribution in [0.15, 0.2) is 28.6 Å². The van der Waals surface area contributed by atoms with Crippen molar-refractivity contribution in [3.8, 4) is 0 Å². The average molecular weight is 294 g/mol. The molecule has 0 radical (unpaired) electrons. The van der Waals surface area contributed by atoms with Gasteiger partial charge in [0.05, 0.1) is 5.56 Å². The Kier molecular flexibility index (Phi) is 5.62. The van der Waals surface area contributed by atoms with Gasteiger partial charge in [0.15, 0.2) is 13.3 Å². The van der Waals surface area contributed by atoms with Crippen LogP contribution >= 0.6 is 0 Å². The number of benzene rings is 1. The van der Waals surface area contributed by atoms with Crippen LogP contribution in [0.4, 0.5) is 0 Å². The second-order valence-corrected chi connectivity index (χ2v) is 3.69. The first kappa shape index (κ1) is 15.9. The lowest BCUT2D eigenvalue weighted by molar-refractivity contribution is 0.0697. The Labute approximate surface area is 117 Å². The highest BCUT2D eigenvalue weighted by Crippen LogP contribution is 2.11. The van der Waals surface area contributed by atoms with Crippen molar-refractivity contribution in [2.45, 2.75) is 0 Å². The molecule has 3 N–H and O–H groups in total. The molecule has 2 amide bonds. The van der Waals surface area contributed by atoms with Crippen LogP contribution in [0, 0.1) is 9.81 Å². The number of rotatable bonds is 7. The van der Waals surface area contributed by atoms with E-state index in [0.717, 1.165) is 18.2 Å². The highest BCUT2D eigenvalue weighted by atomic mass is 16.4. The number of nitrogens with one attached hydrogen (secondary N) is 2. The zero-order valence-electron chi connectivity index (χ0n) is 10.5. The Balaban J connectivity index is 3.13. The Morgan fingerprint density at radius 1 is 0.857 bits per heavy atom. The fourth-order valence-corrected chi connectivity index (χ4v) is 1.43. The molecule has 0 aromatic heterocycles. The van der Waals surface area contributed by atoms with Crippen molar-refractivity contribution in [3.63, 3.8) is 0 Å². The molecular weight excluding hydrogens is 284 g/mol. The van der Waals surface area contributed by atoms with Crippen LogP contribution < -0.4 is 10.6 Å². The highest BCUT2D eigenvalue weighted by molar-refractivity contribution is 6.03. The fraction of sp³-hybridized carbons (Fsp3) is 0.182. The summed E-state index contributed by atoms with van der Waals surface area (Å²) in [5.41, 5.74) is -0.573. The van der Waals surface area contributed by atoms with Gasteiger partial charge in [0, 0.05) is 11.1 Å². The number of carbonyl (C=O) groups is 3. The number of nitrogens with zero attached hydrogens (tertiary/aromatic N) is 2. The van der Waals surface area contributed by atoms with Gasteiger partial charge in [-0.3, -0.25) is 9.59 Å². The SMILES string of the molecule is O=NCNC(=O)c1cc(C(=O)O)cc(C(=O)NCN=O)c1. The summed E-state index contributed by atoms with van der Waals surface area (Å²) in [5, 5.41) is 18.0.